The van der Waals surface area contributed by atoms with E-state index >= 15 is 0 Å². The molecule has 1 aromatic carbocycles. The molecule has 0 bridgehead atoms. The second kappa shape index (κ2) is 5.45. The lowest BCUT2D eigenvalue weighted by Crippen LogP contribution is -2.05. The van der Waals surface area contributed by atoms with Crippen molar-refractivity contribution in [3.8, 4) is 6.07 Å². The second-order valence-corrected chi connectivity index (χ2v) is 5.02. The van der Waals surface area contributed by atoms with Gasteiger partial charge in [0.2, 0.25) is 5.95 Å². The maximum Gasteiger partial charge on any atom is 0.223 e. The second-order valence-electron chi connectivity index (χ2n) is 4.58. The van der Waals surface area contributed by atoms with Gasteiger partial charge in [0, 0.05) is 36.4 Å². The summed E-state index contributed by atoms with van der Waals surface area (Å²) in [6.45, 7) is 2.14. The van der Waals surface area contributed by atoms with Gasteiger partial charge in [-0.2, -0.15) is 5.26 Å². The molecular formula is C14H12ClN5. The van der Waals surface area contributed by atoms with Crippen LogP contribution >= 0.6 is 11.6 Å². The Hall–Kier alpha value is -2.16. The zero-order valence-corrected chi connectivity index (χ0v) is 11.4. The molecule has 0 fully saturated rings. The third-order valence-corrected chi connectivity index (χ3v) is 3.32. The summed E-state index contributed by atoms with van der Waals surface area (Å²) in [6.07, 6.45) is 1.84. The highest BCUT2D eigenvalue weighted by Gasteiger charge is 2.12. The molecule has 0 spiro atoms. The minimum absolute atomic E-state index is 0.529. The number of nitrogens with one attached hydrogen (secondary N) is 2. The fourth-order valence-corrected chi connectivity index (χ4v) is 2.40. The fraction of sp³-hybridized carbons (Fsp3) is 0.214. The van der Waals surface area contributed by atoms with Gasteiger partial charge in [0.1, 0.15) is 0 Å². The van der Waals surface area contributed by atoms with E-state index < -0.39 is 0 Å². The van der Waals surface area contributed by atoms with Gasteiger partial charge >= 0.3 is 0 Å². The molecule has 0 unspecified atom stereocenters. The number of rotatable bonds is 3. The van der Waals surface area contributed by atoms with Crippen LogP contribution in [0.2, 0.25) is 5.02 Å². The molecule has 0 aliphatic carbocycles. The summed E-state index contributed by atoms with van der Waals surface area (Å²) in [4.78, 5) is 8.72. The van der Waals surface area contributed by atoms with Crippen LogP contribution in [0.5, 0.6) is 0 Å². The van der Waals surface area contributed by atoms with Crippen LogP contribution in [0.4, 0.5) is 5.95 Å². The number of benzene rings is 1. The van der Waals surface area contributed by atoms with Crippen molar-refractivity contribution < 1.29 is 0 Å². The Labute approximate surface area is 121 Å². The number of hydrogen-bond acceptors (Lipinski definition) is 5. The number of aromatic nitrogens is 2. The number of halogens is 1. The number of anilines is 1. The highest BCUT2D eigenvalue weighted by atomic mass is 35.5. The Bertz CT molecular complexity index is 692. The lowest BCUT2D eigenvalue weighted by molar-refractivity contribution is 0.757. The predicted molar refractivity (Wildman–Crippen MR) is 76.1 cm³/mol. The topological polar surface area (TPSA) is 73.6 Å². The molecule has 5 nitrogen and oxygen atoms in total. The highest BCUT2D eigenvalue weighted by molar-refractivity contribution is 6.30. The van der Waals surface area contributed by atoms with Crippen molar-refractivity contribution in [3.05, 3.63) is 51.8 Å². The number of nitrogens with zero attached hydrogens (tertiary/aromatic N) is 3. The van der Waals surface area contributed by atoms with E-state index in [-0.39, 0.29) is 0 Å². The summed E-state index contributed by atoms with van der Waals surface area (Å²) in [5, 5.41) is 15.9. The molecule has 0 amide bonds. The summed E-state index contributed by atoms with van der Waals surface area (Å²) in [5.74, 6) is 0.589. The molecule has 2 heterocycles. The van der Waals surface area contributed by atoms with E-state index in [4.69, 9.17) is 16.9 Å². The molecule has 20 heavy (non-hydrogen) atoms. The molecule has 1 aromatic heterocycles. The van der Waals surface area contributed by atoms with Gasteiger partial charge in [-0.05, 0) is 23.8 Å². The smallest absolute Gasteiger partial charge is 0.223 e. The Morgan fingerprint density at radius 1 is 1.35 bits per heavy atom. The van der Waals surface area contributed by atoms with Gasteiger partial charge in [-0.25, -0.2) is 9.97 Å². The van der Waals surface area contributed by atoms with Crippen LogP contribution in [0.25, 0.3) is 0 Å². The average molecular weight is 286 g/mol. The van der Waals surface area contributed by atoms with E-state index in [1.165, 1.54) is 0 Å². The molecule has 0 saturated heterocycles. The van der Waals surface area contributed by atoms with Crippen molar-refractivity contribution in [3.63, 3.8) is 0 Å². The zero-order chi connectivity index (χ0) is 13.9. The number of hydrogen-bond donors (Lipinski definition) is 2. The van der Waals surface area contributed by atoms with E-state index in [1.807, 2.05) is 12.3 Å². The Morgan fingerprint density at radius 3 is 3.10 bits per heavy atom. The van der Waals surface area contributed by atoms with Crippen molar-refractivity contribution in [2.75, 3.05) is 5.32 Å². The normalized spacial score (nSPS) is 12.8. The molecule has 3 rings (SSSR count). The minimum Gasteiger partial charge on any atom is -0.350 e. The first-order valence-corrected chi connectivity index (χ1v) is 6.61. The molecule has 1 aliphatic rings. The van der Waals surface area contributed by atoms with Gasteiger partial charge in [0.15, 0.2) is 0 Å². The molecule has 1 aliphatic heterocycles. The van der Waals surface area contributed by atoms with E-state index in [2.05, 4.69) is 26.7 Å². The molecule has 6 heteroatoms. The van der Waals surface area contributed by atoms with Gasteiger partial charge in [0.05, 0.1) is 17.3 Å². The van der Waals surface area contributed by atoms with E-state index in [0.717, 1.165) is 29.9 Å². The standard InChI is InChI=1S/C14H12ClN5/c15-12-2-9(4-16)1-10(3-12)5-18-14-19-7-11-6-17-8-13(11)20-14/h1-3,7,17H,5-6,8H2,(H,18,19,20). The first-order chi connectivity index (χ1) is 9.74. The van der Waals surface area contributed by atoms with Gasteiger partial charge in [-0.15, -0.1) is 0 Å². The quantitative estimate of drug-likeness (QED) is 0.904. The van der Waals surface area contributed by atoms with Crippen LogP contribution < -0.4 is 10.6 Å². The van der Waals surface area contributed by atoms with Crippen LogP contribution in [0.1, 0.15) is 22.4 Å². The summed E-state index contributed by atoms with van der Waals surface area (Å²) in [6, 6.07) is 7.35. The van der Waals surface area contributed by atoms with Gasteiger partial charge < -0.3 is 10.6 Å². The van der Waals surface area contributed by atoms with E-state index in [0.29, 0.717) is 23.1 Å². The van der Waals surface area contributed by atoms with Crippen molar-refractivity contribution >= 4 is 17.5 Å². The molecule has 2 aromatic rings. The van der Waals surface area contributed by atoms with Gasteiger partial charge in [0.25, 0.3) is 0 Å². The molecule has 0 atom stereocenters. The van der Waals surface area contributed by atoms with Crippen LogP contribution in [-0.4, -0.2) is 9.97 Å². The van der Waals surface area contributed by atoms with E-state index in [9.17, 15) is 0 Å². The van der Waals surface area contributed by atoms with Crippen LogP contribution in [0.3, 0.4) is 0 Å². The third-order valence-electron chi connectivity index (χ3n) is 3.10. The first kappa shape index (κ1) is 12.9. The van der Waals surface area contributed by atoms with Gasteiger partial charge in [-0.1, -0.05) is 11.6 Å². The summed E-state index contributed by atoms with van der Waals surface area (Å²) >= 11 is 5.97. The Balaban J connectivity index is 1.73. The van der Waals surface area contributed by atoms with Gasteiger partial charge in [-0.3, -0.25) is 0 Å². The van der Waals surface area contributed by atoms with Crippen LogP contribution in [0.15, 0.2) is 24.4 Å². The maximum absolute atomic E-state index is 8.92. The number of nitriles is 1. The minimum atomic E-state index is 0.529. The summed E-state index contributed by atoms with van der Waals surface area (Å²) in [7, 11) is 0. The van der Waals surface area contributed by atoms with Crippen molar-refractivity contribution in [1.29, 1.82) is 5.26 Å². The lowest BCUT2D eigenvalue weighted by Gasteiger charge is -2.07. The highest BCUT2D eigenvalue weighted by Crippen LogP contribution is 2.17. The summed E-state index contributed by atoms with van der Waals surface area (Å²) in [5.41, 5.74) is 3.65. The molecule has 2 N–H and O–H groups in total. The fourth-order valence-electron chi connectivity index (χ4n) is 2.14. The van der Waals surface area contributed by atoms with Crippen LogP contribution in [0, 0.1) is 11.3 Å². The Kier molecular flexibility index (Phi) is 3.50. The van der Waals surface area contributed by atoms with Crippen molar-refractivity contribution in [2.24, 2.45) is 0 Å². The zero-order valence-electron chi connectivity index (χ0n) is 10.7. The number of fused-ring (bicyclic) bond motifs is 1. The monoisotopic (exact) mass is 285 g/mol. The van der Waals surface area contributed by atoms with Crippen molar-refractivity contribution in [2.45, 2.75) is 19.6 Å². The first-order valence-electron chi connectivity index (χ1n) is 6.23. The molecule has 100 valence electrons. The van der Waals surface area contributed by atoms with Crippen molar-refractivity contribution in [1.82, 2.24) is 15.3 Å². The molecule has 0 saturated carbocycles. The third kappa shape index (κ3) is 2.72. The molecule has 0 radical (unpaired) electrons. The largest absolute Gasteiger partial charge is 0.350 e. The predicted octanol–water partition coefficient (Wildman–Crippen LogP) is 2.22. The molecular weight excluding hydrogens is 274 g/mol. The maximum atomic E-state index is 8.92. The Morgan fingerprint density at radius 2 is 2.25 bits per heavy atom. The summed E-state index contributed by atoms with van der Waals surface area (Å²) < 4.78 is 0. The van der Waals surface area contributed by atoms with E-state index in [1.54, 1.807) is 12.1 Å². The average Bonchev–Trinajstić information content (AvgIpc) is 2.92. The SMILES string of the molecule is N#Cc1cc(Cl)cc(CNc2ncc3c(n2)CNC3)c1. The van der Waals surface area contributed by atoms with Crippen LogP contribution in [-0.2, 0) is 19.6 Å². The lowest BCUT2D eigenvalue weighted by atomic mass is 10.1.